The van der Waals surface area contributed by atoms with Crippen LogP contribution in [0.25, 0.3) is 0 Å². The first kappa shape index (κ1) is 12.6. The van der Waals surface area contributed by atoms with Gasteiger partial charge in [0.2, 0.25) is 0 Å². The number of hydrogen-bond donors (Lipinski definition) is 1. The predicted molar refractivity (Wildman–Crippen MR) is 71.6 cm³/mol. The van der Waals surface area contributed by atoms with Gasteiger partial charge in [0.15, 0.2) is 0 Å². The fraction of sp³-hybridized carbons (Fsp3) is 0.615. The Labute approximate surface area is 116 Å². The molecule has 1 spiro atoms. The van der Waals surface area contributed by atoms with Crippen LogP contribution in [0.4, 0.5) is 4.79 Å². The van der Waals surface area contributed by atoms with Gasteiger partial charge in [-0.25, -0.2) is 4.79 Å². The number of rotatable bonds is 2. The maximum atomic E-state index is 12.2. The molecule has 0 atom stereocenters. The quantitative estimate of drug-likeness (QED) is 0.844. The lowest BCUT2D eigenvalue weighted by Crippen LogP contribution is -2.51. The Hall–Kier alpha value is -1.43. The van der Waals surface area contributed by atoms with Crippen molar-refractivity contribution in [3.63, 3.8) is 0 Å². The van der Waals surface area contributed by atoms with Crippen LogP contribution >= 0.6 is 11.3 Å². The van der Waals surface area contributed by atoms with Crippen LogP contribution < -0.4 is 5.32 Å². The molecule has 3 amide bonds. The first-order valence-electron chi connectivity index (χ1n) is 6.62. The fourth-order valence-electron chi connectivity index (χ4n) is 3.03. The number of urea groups is 1. The van der Waals surface area contributed by atoms with E-state index in [2.05, 4.69) is 17.2 Å². The molecule has 2 aliphatic rings. The molecule has 2 fully saturated rings. The first-order chi connectivity index (χ1) is 9.12. The molecule has 19 heavy (non-hydrogen) atoms. The topological polar surface area (TPSA) is 62.3 Å². The maximum Gasteiger partial charge on any atom is 0.325 e. The molecule has 1 aromatic rings. The Morgan fingerprint density at radius 2 is 2.21 bits per heavy atom. The smallest absolute Gasteiger partial charge is 0.305 e. The Kier molecular flexibility index (Phi) is 3.05. The number of imide groups is 1. The number of thiazole rings is 1. The highest BCUT2D eigenvalue weighted by Crippen LogP contribution is 2.40. The van der Waals surface area contributed by atoms with E-state index in [-0.39, 0.29) is 11.9 Å². The van der Waals surface area contributed by atoms with Crippen molar-refractivity contribution in [2.75, 3.05) is 0 Å². The molecule has 1 aliphatic carbocycles. The van der Waals surface area contributed by atoms with Gasteiger partial charge >= 0.3 is 6.03 Å². The van der Waals surface area contributed by atoms with Gasteiger partial charge in [0, 0.05) is 11.1 Å². The molecule has 0 bridgehead atoms. The lowest BCUT2D eigenvalue weighted by atomic mass is 9.76. The van der Waals surface area contributed by atoms with Gasteiger partial charge in [-0.05, 0) is 31.6 Å². The third-order valence-corrected chi connectivity index (χ3v) is 5.07. The van der Waals surface area contributed by atoms with Crippen molar-refractivity contribution < 1.29 is 9.59 Å². The van der Waals surface area contributed by atoms with Crippen LogP contribution in [-0.2, 0) is 11.3 Å². The molecule has 1 aromatic heterocycles. The predicted octanol–water partition coefficient (Wildman–Crippen LogP) is 2.14. The Balaban J connectivity index is 1.87. The molecule has 2 heterocycles. The molecule has 3 rings (SSSR count). The number of carbonyl (C=O) groups is 2. The van der Waals surface area contributed by atoms with Crippen molar-refractivity contribution >= 4 is 23.3 Å². The summed E-state index contributed by atoms with van der Waals surface area (Å²) in [5, 5.41) is 2.49. The van der Waals surface area contributed by atoms with Crippen LogP contribution in [-0.4, -0.2) is 27.4 Å². The number of nitrogens with zero attached hydrogens (tertiary/aromatic N) is 2. The normalized spacial score (nSPS) is 31.0. The zero-order valence-electron chi connectivity index (χ0n) is 10.9. The second-order valence-corrected chi connectivity index (χ2v) is 6.50. The van der Waals surface area contributed by atoms with Gasteiger partial charge < -0.3 is 4.90 Å². The van der Waals surface area contributed by atoms with Gasteiger partial charge in [0.05, 0.1) is 12.1 Å². The standard InChI is InChI=1S/C13H17N3O2S/c1-9-2-4-13(5-3-9)11(17)15-12(18)16(13)7-10-6-14-8-19-10/h6,8-9H,2-5,7H2,1H3,(H,15,17,18). The third kappa shape index (κ3) is 2.04. The van der Waals surface area contributed by atoms with Gasteiger partial charge in [-0.3, -0.25) is 15.1 Å². The third-order valence-electron chi connectivity index (χ3n) is 4.30. The van der Waals surface area contributed by atoms with Gasteiger partial charge in [0.1, 0.15) is 5.54 Å². The van der Waals surface area contributed by atoms with E-state index in [1.807, 2.05) is 0 Å². The number of amides is 3. The van der Waals surface area contributed by atoms with Crippen LogP contribution in [0.1, 0.15) is 37.5 Å². The van der Waals surface area contributed by atoms with Gasteiger partial charge in [-0.1, -0.05) is 6.92 Å². The van der Waals surface area contributed by atoms with E-state index in [0.717, 1.165) is 30.6 Å². The zero-order chi connectivity index (χ0) is 13.5. The molecule has 1 saturated carbocycles. The van der Waals surface area contributed by atoms with Crippen LogP contribution in [0.5, 0.6) is 0 Å². The van der Waals surface area contributed by atoms with Crippen LogP contribution in [0.3, 0.4) is 0 Å². The maximum absolute atomic E-state index is 12.2. The lowest BCUT2D eigenvalue weighted by Gasteiger charge is -2.39. The minimum atomic E-state index is -0.617. The second-order valence-electron chi connectivity index (χ2n) is 5.53. The molecule has 102 valence electrons. The van der Waals surface area contributed by atoms with Crippen molar-refractivity contribution in [3.05, 3.63) is 16.6 Å². The first-order valence-corrected chi connectivity index (χ1v) is 7.50. The number of nitrogens with one attached hydrogen (secondary N) is 1. The molecular formula is C13H17N3O2S. The highest BCUT2D eigenvalue weighted by Gasteiger charge is 2.53. The summed E-state index contributed by atoms with van der Waals surface area (Å²) >= 11 is 1.52. The van der Waals surface area contributed by atoms with E-state index in [4.69, 9.17) is 0 Å². The summed E-state index contributed by atoms with van der Waals surface area (Å²) in [4.78, 5) is 31.0. The monoisotopic (exact) mass is 279 g/mol. The van der Waals surface area contributed by atoms with Gasteiger partial charge in [-0.2, -0.15) is 0 Å². The average Bonchev–Trinajstić information content (AvgIpc) is 2.96. The highest BCUT2D eigenvalue weighted by molar-refractivity contribution is 7.09. The summed E-state index contributed by atoms with van der Waals surface area (Å²) in [5.74, 6) is 0.522. The Bertz CT molecular complexity index is 492. The van der Waals surface area contributed by atoms with E-state index in [0.29, 0.717) is 12.5 Å². The summed E-state index contributed by atoms with van der Waals surface area (Å²) in [6.07, 6.45) is 5.30. The largest absolute Gasteiger partial charge is 0.325 e. The van der Waals surface area contributed by atoms with Crippen molar-refractivity contribution in [1.29, 1.82) is 0 Å². The number of carbonyl (C=O) groups excluding carboxylic acids is 2. The van der Waals surface area contributed by atoms with E-state index >= 15 is 0 Å². The summed E-state index contributed by atoms with van der Waals surface area (Å²) in [5.41, 5.74) is 1.13. The molecule has 6 heteroatoms. The highest BCUT2D eigenvalue weighted by atomic mass is 32.1. The van der Waals surface area contributed by atoms with Crippen LogP contribution in [0.2, 0.25) is 0 Å². The van der Waals surface area contributed by atoms with Crippen molar-refractivity contribution in [2.24, 2.45) is 5.92 Å². The molecule has 0 aromatic carbocycles. The molecule has 1 saturated heterocycles. The van der Waals surface area contributed by atoms with Crippen LogP contribution in [0.15, 0.2) is 11.7 Å². The summed E-state index contributed by atoms with van der Waals surface area (Å²) < 4.78 is 0. The Morgan fingerprint density at radius 3 is 2.84 bits per heavy atom. The zero-order valence-corrected chi connectivity index (χ0v) is 11.7. The molecular weight excluding hydrogens is 262 g/mol. The molecule has 0 radical (unpaired) electrons. The summed E-state index contributed by atoms with van der Waals surface area (Å²) in [6, 6.07) is -0.257. The SMILES string of the molecule is CC1CCC2(CC1)C(=O)NC(=O)N2Cc1cncs1. The summed E-state index contributed by atoms with van der Waals surface area (Å²) in [6.45, 7) is 2.69. The van der Waals surface area contributed by atoms with Crippen LogP contribution in [0, 0.1) is 5.92 Å². The minimum Gasteiger partial charge on any atom is -0.305 e. The molecule has 1 N–H and O–H groups in total. The van der Waals surface area contributed by atoms with Gasteiger partial charge in [0.25, 0.3) is 5.91 Å². The Morgan fingerprint density at radius 1 is 1.47 bits per heavy atom. The van der Waals surface area contributed by atoms with E-state index in [1.54, 1.807) is 16.6 Å². The van der Waals surface area contributed by atoms with Gasteiger partial charge in [-0.15, -0.1) is 11.3 Å². The lowest BCUT2D eigenvalue weighted by molar-refractivity contribution is -0.128. The minimum absolute atomic E-state index is 0.117. The van der Waals surface area contributed by atoms with E-state index in [9.17, 15) is 9.59 Å². The van der Waals surface area contributed by atoms with Crippen molar-refractivity contribution in [1.82, 2.24) is 15.2 Å². The fourth-order valence-corrected chi connectivity index (χ4v) is 3.62. The van der Waals surface area contributed by atoms with Crippen molar-refractivity contribution in [2.45, 2.75) is 44.7 Å². The second kappa shape index (κ2) is 4.59. The summed E-state index contributed by atoms with van der Waals surface area (Å²) in [7, 11) is 0. The van der Waals surface area contributed by atoms with Crippen molar-refractivity contribution in [3.8, 4) is 0 Å². The molecule has 5 nitrogen and oxygen atoms in total. The average molecular weight is 279 g/mol. The number of aromatic nitrogens is 1. The van der Waals surface area contributed by atoms with E-state index in [1.165, 1.54) is 11.3 Å². The molecule has 1 aliphatic heterocycles. The molecule has 0 unspecified atom stereocenters. The van der Waals surface area contributed by atoms with E-state index < -0.39 is 5.54 Å². The number of hydrogen-bond acceptors (Lipinski definition) is 4.